The number of ketones is 1. The zero-order valence-corrected chi connectivity index (χ0v) is 10.9. The number of halogens is 1. The fourth-order valence-electron chi connectivity index (χ4n) is 1.91. The minimum absolute atomic E-state index is 0.0561. The summed E-state index contributed by atoms with van der Waals surface area (Å²) in [6.07, 6.45) is 0.310. The summed E-state index contributed by atoms with van der Waals surface area (Å²) in [5, 5.41) is 0.624. The topological polar surface area (TPSA) is 43.1 Å². The Labute approximate surface area is 111 Å². The molecular formula is C15H14ClNO. The molecule has 18 heavy (non-hydrogen) atoms. The van der Waals surface area contributed by atoms with Crippen LogP contribution in [0.5, 0.6) is 0 Å². The minimum Gasteiger partial charge on any atom is -0.399 e. The van der Waals surface area contributed by atoms with E-state index in [0.717, 1.165) is 11.1 Å². The molecule has 2 rings (SSSR count). The molecular weight excluding hydrogens is 246 g/mol. The molecule has 0 aromatic heterocycles. The maximum atomic E-state index is 12.2. The van der Waals surface area contributed by atoms with Gasteiger partial charge >= 0.3 is 0 Å². The molecule has 2 nitrogen and oxygen atoms in total. The molecule has 0 bridgehead atoms. The first-order valence-electron chi connectivity index (χ1n) is 5.70. The molecule has 3 heteroatoms. The van der Waals surface area contributed by atoms with Crippen molar-refractivity contribution in [1.29, 1.82) is 0 Å². The Morgan fingerprint density at radius 1 is 1.22 bits per heavy atom. The van der Waals surface area contributed by atoms with Crippen molar-refractivity contribution in [2.24, 2.45) is 0 Å². The van der Waals surface area contributed by atoms with Gasteiger partial charge in [0.1, 0.15) is 0 Å². The fraction of sp³-hybridized carbons (Fsp3) is 0.133. The fourth-order valence-corrected chi connectivity index (χ4v) is 2.11. The third-order valence-electron chi connectivity index (χ3n) is 2.86. The second kappa shape index (κ2) is 5.23. The lowest BCUT2D eigenvalue weighted by Gasteiger charge is -2.07. The number of Topliss-reactive ketones (excluding diaryl/α,β-unsaturated/α-hetero) is 1. The van der Waals surface area contributed by atoms with Gasteiger partial charge < -0.3 is 5.73 Å². The van der Waals surface area contributed by atoms with Gasteiger partial charge in [0.05, 0.1) is 0 Å². The van der Waals surface area contributed by atoms with Gasteiger partial charge in [0, 0.05) is 22.7 Å². The van der Waals surface area contributed by atoms with Crippen molar-refractivity contribution in [1.82, 2.24) is 0 Å². The third-order valence-corrected chi connectivity index (χ3v) is 3.23. The standard InChI is InChI=1S/C15H14ClNO/c1-10-8-12(17)6-7-13(10)15(18)9-11-4-2-3-5-14(11)16/h2-8H,9,17H2,1H3. The summed E-state index contributed by atoms with van der Waals surface area (Å²) in [6, 6.07) is 12.7. The van der Waals surface area contributed by atoms with Crippen LogP contribution in [0.4, 0.5) is 5.69 Å². The van der Waals surface area contributed by atoms with E-state index in [4.69, 9.17) is 17.3 Å². The normalized spacial score (nSPS) is 10.3. The predicted molar refractivity (Wildman–Crippen MR) is 75.1 cm³/mol. The number of hydrogen-bond donors (Lipinski definition) is 1. The van der Waals surface area contributed by atoms with Crippen molar-refractivity contribution in [2.45, 2.75) is 13.3 Å². The number of aryl methyl sites for hydroxylation is 1. The SMILES string of the molecule is Cc1cc(N)ccc1C(=O)Cc1ccccc1Cl. The Morgan fingerprint density at radius 2 is 1.94 bits per heavy atom. The number of carbonyl (C=O) groups is 1. The summed E-state index contributed by atoms with van der Waals surface area (Å²) in [5.74, 6) is 0.0561. The van der Waals surface area contributed by atoms with Crippen molar-refractivity contribution in [3.05, 3.63) is 64.2 Å². The van der Waals surface area contributed by atoms with E-state index in [1.54, 1.807) is 24.3 Å². The quantitative estimate of drug-likeness (QED) is 0.675. The van der Waals surface area contributed by atoms with Gasteiger partial charge in [-0.2, -0.15) is 0 Å². The van der Waals surface area contributed by atoms with Crippen molar-refractivity contribution in [3.8, 4) is 0 Å². The first-order chi connectivity index (χ1) is 8.58. The molecule has 0 saturated heterocycles. The van der Waals surface area contributed by atoms with Gasteiger partial charge in [0.25, 0.3) is 0 Å². The van der Waals surface area contributed by atoms with E-state index >= 15 is 0 Å². The van der Waals surface area contributed by atoms with Gasteiger partial charge in [-0.15, -0.1) is 0 Å². The second-order valence-electron chi connectivity index (χ2n) is 4.27. The van der Waals surface area contributed by atoms with Crippen LogP contribution in [0.2, 0.25) is 5.02 Å². The van der Waals surface area contributed by atoms with E-state index in [2.05, 4.69) is 0 Å². The average molecular weight is 260 g/mol. The lowest BCUT2D eigenvalue weighted by atomic mass is 9.99. The summed E-state index contributed by atoms with van der Waals surface area (Å²) in [6.45, 7) is 1.89. The predicted octanol–water partition coefficient (Wildman–Crippen LogP) is 3.66. The van der Waals surface area contributed by atoms with Crippen LogP contribution >= 0.6 is 11.6 Å². The molecule has 0 amide bonds. The van der Waals surface area contributed by atoms with Crippen LogP contribution in [0.3, 0.4) is 0 Å². The van der Waals surface area contributed by atoms with Crippen LogP contribution in [-0.4, -0.2) is 5.78 Å². The van der Waals surface area contributed by atoms with Crippen molar-refractivity contribution in [2.75, 3.05) is 5.73 Å². The van der Waals surface area contributed by atoms with Crippen LogP contribution in [0.1, 0.15) is 21.5 Å². The van der Waals surface area contributed by atoms with E-state index in [1.165, 1.54) is 0 Å². The van der Waals surface area contributed by atoms with Crippen LogP contribution < -0.4 is 5.73 Å². The van der Waals surface area contributed by atoms with Crippen LogP contribution in [0, 0.1) is 6.92 Å². The number of hydrogen-bond acceptors (Lipinski definition) is 2. The number of nitrogens with two attached hydrogens (primary N) is 1. The lowest BCUT2D eigenvalue weighted by molar-refractivity contribution is 0.0992. The molecule has 0 saturated carbocycles. The zero-order valence-electron chi connectivity index (χ0n) is 10.1. The molecule has 2 aromatic carbocycles. The third kappa shape index (κ3) is 2.71. The van der Waals surface area contributed by atoms with Gasteiger partial charge in [-0.05, 0) is 42.3 Å². The van der Waals surface area contributed by atoms with Crippen molar-refractivity contribution >= 4 is 23.1 Å². The molecule has 0 aliphatic carbocycles. The Bertz CT molecular complexity index is 593. The van der Waals surface area contributed by atoms with Gasteiger partial charge in [-0.25, -0.2) is 0 Å². The molecule has 2 N–H and O–H groups in total. The molecule has 0 spiro atoms. The first kappa shape index (κ1) is 12.7. The van der Waals surface area contributed by atoms with Crippen LogP contribution in [0.15, 0.2) is 42.5 Å². The van der Waals surface area contributed by atoms with E-state index in [0.29, 0.717) is 22.7 Å². The molecule has 2 aromatic rings. The number of anilines is 1. The monoisotopic (exact) mass is 259 g/mol. The van der Waals surface area contributed by atoms with Gasteiger partial charge in [0.2, 0.25) is 0 Å². The summed E-state index contributed by atoms with van der Waals surface area (Å²) in [4.78, 5) is 12.2. The Morgan fingerprint density at radius 3 is 2.61 bits per heavy atom. The largest absolute Gasteiger partial charge is 0.399 e. The number of benzene rings is 2. The highest BCUT2D eigenvalue weighted by atomic mass is 35.5. The average Bonchev–Trinajstić information content (AvgIpc) is 2.32. The van der Waals surface area contributed by atoms with E-state index < -0.39 is 0 Å². The number of rotatable bonds is 3. The van der Waals surface area contributed by atoms with Gasteiger partial charge in [-0.3, -0.25) is 4.79 Å². The van der Waals surface area contributed by atoms with Crippen LogP contribution in [0.25, 0.3) is 0 Å². The molecule has 0 heterocycles. The molecule has 0 atom stereocenters. The van der Waals surface area contributed by atoms with Crippen molar-refractivity contribution in [3.63, 3.8) is 0 Å². The Balaban J connectivity index is 2.25. The molecule has 0 aliphatic rings. The van der Waals surface area contributed by atoms with Crippen molar-refractivity contribution < 1.29 is 4.79 Å². The van der Waals surface area contributed by atoms with Gasteiger partial charge in [0.15, 0.2) is 5.78 Å². The summed E-state index contributed by atoms with van der Waals surface area (Å²) in [7, 11) is 0. The van der Waals surface area contributed by atoms with Crippen LogP contribution in [-0.2, 0) is 6.42 Å². The maximum Gasteiger partial charge on any atom is 0.167 e. The molecule has 0 unspecified atom stereocenters. The summed E-state index contributed by atoms with van der Waals surface area (Å²) >= 11 is 6.05. The first-order valence-corrected chi connectivity index (χ1v) is 6.08. The zero-order chi connectivity index (χ0) is 13.1. The minimum atomic E-state index is 0.0561. The highest BCUT2D eigenvalue weighted by Crippen LogP contribution is 2.19. The molecule has 0 aliphatic heterocycles. The highest BCUT2D eigenvalue weighted by Gasteiger charge is 2.11. The molecule has 0 fully saturated rings. The van der Waals surface area contributed by atoms with Gasteiger partial charge in [-0.1, -0.05) is 29.8 Å². The Hall–Kier alpha value is -1.80. The van der Waals surface area contributed by atoms with E-state index in [9.17, 15) is 4.79 Å². The number of carbonyl (C=O) groups excluding carboxylic acids is 1. The number of nitrogen functional groups attached to an aromatic ring is 1. The second-order valence-corrected chi connectivity index (χ2v) is 4.67. The smallest absolute Gasteiger partial charge is 0.167 e. The van der Waals surface area contributed by atoms with E-state index in [1.807, 2.05) is 25.1 Å². The Kier molecular flexibility index (Phi) is 3.68. The summed E-state index contributed by atoms with van der Waals surface area (Å²) < 4.78 is 0. The molecule has 92 valence electrons. The molecule has 0 radical (unpaired) electrons. The maximum absolute atomic E-state index is 12.2. The lowest BCUT2D eigenvalue weighted by Crippen LogP contribution is -2.06. The highest BCUT2D eigenvalue weighted by molar-refractivity contribution is 6.31. The summed E-state index contributed by atoms with van der Waals surface area (Å²) in [5.41, 5.74) is 8.78. The van der Waals surface area contributed by atoms with E-state index in [-0.39, 0.29) is 5.78 Å².